The van der Waals surface area contributed by atoms with E-state index in [-0.39, 0.29) is 12.1 Å². The second kappa shape index (κ2) is 8.54. The fourth-order valence-electron chi connectivity index (χ4n) is 3.09. The van der Waals surface area contributed by atoms with Gasteiger partial charge in [-0.2, -0.15) is 0 Å². The maximum Gasteiger partial charge on any atom is 0.314 e. The summed E-state index contributed by atoms with van der Waals surface area (Å²) in [6.07, 6.45) is 10.7. The predicted octanol–water partition coefficient (Wildman–Crippen LogP) is 2.00. The molecule has 3 heterocycles. The number of carbonyl (C=O) groups is 1. The highest BCUT2D eigenvalue weighted by molar-refractivity contribution is 5.73. The second-order valence-corrected chi connectivity index (χ2v) is 6.07. The molecule has 130 valence electrons. The van der Waals surface area contributed by atoms with Crippen LogP contribution >= 0.6 is 0 Å². The van der Waals surface area contributed by atoms with E-state index in [1.165, 1.54) is 19.3 Å². The van der Waals surface area contributed by atoms with Crippen molar-refractivity contribution in [3.8, 4) is 0 Å². The van der Waals surface area contributed by atoms with Gasteiger partial charge in [-0.15, -0.1) is 0 Å². The molecule has 2 N–H and O–H groups in total. The maximum atomic E-state index is 12.0. The fourth-order valence-corrected chi connectivity index (χ4v) is 3.09. The summed E-state index contributed by atoms with van der Waals surface area (Å²) in [7, 11) is 0. The third-order valence-corrected chi connectivity index (χ3v) is 4.37. The zero-order chi connectivity index (χ0) is 16.6. The summed E-state index contributed by atoms with van der Waals surface area (Å²) in [5.74, 6) is 0.913. The number of hydrogen-bond donors (Lipinski definition) is 2. The molecule has 2 aromatic rings. The quantitative estimate of drug-likeness (QED) is 0.814. The van der Waals surface area contributed by atoms with E-state index in [1.54, 1.807) is 18.8 Å². The van der Waals surface area contributed by atoms with Crippen LogP contribution in [0.1, 0.15) is 31.1 Å². The minimum absolute atomic E-state index is 0.0969. The van der Waals surface area contributed by atoms with E-state index in [1.807, 2.05) is 22.9 Å². The van der Waals surface area contributed by atoms with Crippen LogP contribution in [-0.4, -0.2) is 46.7 Å². The van der Waals surface area contributed by atoms with Crippen molar-refractivity contribution in [1.82, 2.24) is 25.1 Å². The molecule has 7 heteroatoms. The van der Waals surface area contributed by atoms with Crippen LogP contribution < -0.4 is 10.6 Å². The number of aromatic nitrogens is 2. The third-order valence-electron chi connectivity index (χ3n) is 4.37. The first-order valence-electron chi connectivity index (χ1n) is 8.58. The Morgan fingerprint density at radius 2 is 2.17 bits per heavy atom. The van der Waals surface area contributed by atoms with Crippen molar-refractivity contribution in [2.45, 2.75) is 31.8 Å². The first-order valence-corrected chi connectivity index (χ1v) is 8.58. The molecule has 1 fully saturated rings. The summed E-state index contributed by atoms with van der Waals surface area (Å²) in [6.45, 7) is 3.92. The van der Waals surface area contributed by atoms with Gasteiger partial charge in [0.15, 0.2) is 0 Å². The Labute approximate surface area is 142 Å². The van der Waals surface area contributed by atoms with Crippen LogP contribution in [0.25, 0.3) is 0 Å². The average molecular weight is 331 g/mol. The predicted molar refractivity (Wildman–Crippen MR) is 90.5 cm³/mol. The Kier molecular flexibility index (Phi) is 5.90. The first-order chi connectivity index (χ1) is 11.8. The van der Waals surface area contributed by atoms with Crippen molar-refractivity contribution >= 4 is 6.03 Å². The van der Waals surface area contributed by atoms with Gasteiger partial charge in [-0.05, 0) is 38.1 Å². The van der Waals surface area contributed by atoms with Crippen molar-refractivity contribution < 1.29 is 9.21 Å². The van der Waals surface area contributed by atoms with Gasteiger partial charge in [0.2, 0.25) is 0 Å². The van der Waals surface area contributed by atoms with E-state index in [9.17, 15) is 4.79 Å². The van der Waals surface area contributed by atoms with Gasteiger partial charge in [0.25, 0.3) is 0 Å². The minimum Gasteiger partial charge on any atom is -0.468 e. The number of likely N-dealkylation sites (tertiary alicyclic amines) is 1. The highest BCUT2D eigenvalue weighted by Crippen LogP contribution is 2.24. The number of nitrogens with zero attached hydrogens (tertiary/aromatic N) is 3. The summed E-state index contributed by atoms with van der Waals surface area (Å²) >= 11 is 0. The molecule has 0 radical (unpaired) electrons. The van der Waals surface area contributed by atoms with Crippen LogP contribution in [0.3, 0.4) is 0 Å². The smallest absolute Gasteiger partial charge is 0.314 e. The molecule has 0 saturated carbocycles. The molecule has 0 unspecified atom stereocenters. The van der Waals surface area contributed by atoms with E-state index in [4.69, 9.17) is 4.42 Å². The van der Waals surface area contributed by atoms with E-state index in [0.29, 0.717) is 19.6 Å². The molecule has 1 aliphatic rings. The minimum atomic E-state index is -0.149. The fraction of sp³-hybridized carbons (Fsp3) is 0.529. The molecule has 1 aliphatic heterocycles. The molecule has 3 rings (SSSR count). The van der Waals surface area contributed by atoms with Crippen LogP contribution in [-0.2, 0) is 6.54 Å². The number of furan rings is 1. The van der Waals surface area contributed by atoms with E-state index >= 15 is 0 Å². The lowest BCUT2D eigenvalue weighted by Gasteiger charge is -2.33. The largest absolute Gasteiger partial charge is 0.468 e. The first kappa shape index (κ1) is 16.6. The van der Waals surface area contributed by atoms with Crippen LogP contribution in [0.4, 0.5) is 4.79 Å². The van der Waals surface area contributed by atoms with Gasteiger partial charge in [0.1, 0.15) is 5.76 Å². The lowest BCUT2D eigenvalue weighted by atomic mass is 10.1. The number of carbonyl (C=O) groups excluding carboxylic acids is 1. The Balaban J connectivity index is 1.46. The molecule has 2 aromatic heterocycles. The second-order valence-electron chi connectivity index (χ2n) is 6.07. The number of hydrogen-bond acceptors (Lipinski definition) is 4. The molecule has 2 amide bonds. The van der Waals surface area contributed by atoms with Crippen LogP contribution in [0.5, 0.6) is 0 Å². The van der Waals surface area contributed by atoms with E-state index in [2.05, 4.69) is 20.5 Å². The molecular formula is C17H25N5O2. The summed E-state index contributed by atoms with van der Waals surface area (Å²) in [5, 5.41) is 5.85. The summed E-state index contributed by atoms with van der Waals surface area (Å²) < 4.78 is 7.52. The number of rotatable bonds is 7. The number of imidazole rings is 1. The van der Waals surface area contributed by atoms with Crippen molar-refractivity contribution in [3.63, 3.8) is 0 Å². The Bertz CT molecular complexity index is 591. The number of amides is 2. The highest BCUT2D eigenvalue weighted by atomic mass is 16.3. The molecule has 24 heavy (non-hydrogen) atoms. The Morgan fingerprint density at radius 1 is 1.29 bits per heavy atom. The van der Waals surface area contributed by atoms with Crippen molar-refractivity contribution in [1.29, 1.82) is 0 Å². The zero-order valence-corrected chi connectivity index (χ0v) is 13.9. The SMILES string of the molecule is O=C(NCCn1ccnc1)NC[C@@H](c1ccco1)N1CCCCC1. The van der Waals surface area contributed by atoms with Gasteiger partial charge in [-0.1, -0.05) is 6.42 Å². The van der Waals surface area contributed by atoms with Crippen molar-refractivity contribution in [2.75, 3.05) is 26.2 Å². The van der Waals surface area contributed by atoms with E-state index in [0.717, 1.165) is 18.8 Å². The van der Waals surface area contributed by atoms with Gasteiger partial charge < -0.3 is 19.6 Å². The average Bonchev–Trinajstić information content (AvgIpc) is 3.30. The third kappa shape index (κ3) is 4.61. The van der Waals surface area contributed by atoms with Crippen molar-refractivity contribution in [2.24, 2.45) is 0 Å². The normalized spacial score (nSPS) is 16.7. The van der Waals surface area contributed by atoms with Gasteiger partial charge in [-0.25, -0.2) is 9.78 Å². The number of nitrogens with one attached hydrogen (secondary N) is 2. The summed E-state index contributed by atoms with van der Waals surface area (Å²) in [5.41, 5.74) is 0. The van der Waals surface area contributed by atoms with Gasteiger partial charge >= 0.3 is 6.03 Å². The van der Waals surface area contributed by atoms with Gasteiger partial charge in [-0.3, -0.25) is 4.90 Å². The topological polar surface area (TPSA) is 75.3 Å². The highest BCUT2D eigenvalue weighted by Gasteiger charge is 2.24. The molecule has 0 aliphatic carbocycles. The summed E-state index contributed by atoms with van der Waals surface area (Å²) in [4.78, 5) is 18.4. The molecule has 1 saturated heterocycles. The molecule has 0 bridgehead atoms. The summed E-state index contributed by atoms with van der Waals surface area (Å²) in [6, 6.07) is 3.83. The molecular weight excluding hydrogens is 306 g/mol. The zero-order valence-electron chi connectivity index (χ0n) is 13.9. The van der Waals surface area contributed by atoms with Crippen molar-refractivity contribution in [3.05, 3.63) is 42.9 Å². The lowest BCUT2D eigenvalue weighted by molar-refractivity contribution is 0.143. The number of urea groups is 1. The lowest BCUT2D eigenvalue weighted by Crippen LogP contribution is -2.44. The van der Waals surface area contributed by atoms with Gasteiger partial charge in [0, 0.05) is 32.0 Å². The Hall–Kier alpha value is -2.28. The van der Waals surface area contributed by atoms with Crippen LogP contribution in [0.2, 0.25) is 0 Å². The van der Waals surface area contributed by atoms with Crippen LogP contribution in [0, 0.1) is 0 Å². The molecule has 7 nitrogen and oxygen atoms in total. The molecule has 1 atom stereocenters. The number of piperidine rings is 1. The van der Waals surface area contributed by atoms with Gasteiger partial charge in [0.05, 0.1) is 18.6 Å². The molecule has 0 spiro atoms. The Morgan fingerprint density at radius 3 is 2.88 bits per heavy atom. The molecule has 0 aromatic carbocycles. The van der Waals surface area contributed by atoms with E-state index < -0.39 is 0 Å². The monoisotopic (exact) mass is 331 g/mol. The standard InChI is InChI=1S/C17H25N5O2/c23-17(19-7-11-21-10-6-18-14-21)20-13-15(16-5-4-12-24-16)22-8-2-1-3-9-22/h4-6,10,12,14-15H,1-3,7-9,11,13H2,(H2,19,20,23)/t15-/m0/s1. The van der Waals surface area contributed by atoms with Crippen LogP contribution in [0.15, 0.2) is 41.5 Å². The maximum absolute atomic E-state index is 12.0.